The van der Waals surface area contributed by atoms with Crippen LogP contribution in [0.15, 0.2) is 72.9 Å². The van der Waals surface area contributed by atoms with Gasteiger partial charge in [0.1, 0.15) is 13.2 Å². The van der Waals surface area contributed by atoms with Gasteiger partial charge in [0.05, 0.1) is 0 Å². The van der Waals surface area contributed by atoms with Crippen molar-refractivity contribution in [3.05, 3.63) is 72.9 Å². The van der Waals surface area contributed by atoms with E-state index in [2.05, 4.69) is 93.7 Å². The van der Waals surface area contributed by atoms with Crippen LogP contribution in [0.5, 0.6) is 0 Å². The third kappa shape index (κ3) is 67.5. The highest BCUT2D eigenvalue weighted by Crippen LogP contribution is 2.17. The number of ether oxygens (including phenoxy) is 3. The molecule has 470 valence electrons. The number of esters is 3. The summed E-state index contributed by atoms with van der Waals surface area (Å²) >= 11 is 0. The van der Waals surface area contributed by atoms with E-state index in [1.165, 1.54) is 231 Å². The SMILES string of the molecule is CCCCCCC/C=C\C/C=C\C/C=C\CCCCCCCCCCCCCCCCC(=O)OCC(COC(=O)CCCCCCCCCCCCCCC)OC(=O)CCCCCCCC/C=C\C/C=C\C/C=C\CCCCCCC. The molecule has 0 aliphatic carbocycles. The van der Waals surface area contributed by atoms with Gasteiger partial charge in [-0.3, -0.25) is 14.4 Å². The molecular formula is C75H134O6. The van der Waals surface area contributed by atoms with Gasteiger partial charge in [-0.25, -0.2) is 0 Å². The van der Waals surface area contributed by atoms with Crippen LogP contribution in [0, 0.1) is 0 Å². The zero-order valence-corrected chi connectivity index (χ0v) is 54.1. The van der Waals surface area contributed by atoms with Crippen molar-refractivity contribution >= 4 is 17.9 Å². The number of carbonyl (C=O) groups excluding carboxylic acids is 3. The first-order valence-corrected chi connectivity index (χ1v) is 35.4. The molecule has 6 nitrogen and oxygen atoms in total. The van der Waals surface area contributed by atoms with Gasteiger partial charge in [-0.05, 0) is 96.3 Å². The molecule has 0 saturated carbocycles. The highest BCUT2D eigenvalue weighted by atomic mass is 16.6. The summed E-state index contributed by atoms with van der Waals surface area (Å²) in [5.41, 5.74) is 0. The fourth-order valence-corrected chi connectivity index (χ4v) is 10.3. The molecule has 0 rings (SSSR count). The van der Waals surface area contributed by atoms with Crippen LogP contribution in [0.25, 0.3) is 0 Å². The first kappa shape index (κ1) is 77.9. The van der Waals surface area contributed by atoms with E-state index in [1.807, 2.05) is 0 Å². The first-order chi connectivity index (χ1) is 40.0. The molecule has 0 aromatic heterocycles. The van der Waals surface area contributed by atoms with Gasteiger partial charge in [0.25, 0.3) is 0 Å². The van der Waals surface area contributed by atoms with E-state index in [0.717, 1.165) is 96.3 Å². The lowest BCUT2D eigenvalue weighted by molar-refractivity contribution is -0.167. The van der Waals surface area contributed by atoms with E-state index in [4.69, 9.17) is 14.2 Å². The van der Waals surface area contributed by atoms with Gasteiger partial charge >= 0.3 is 17.9 Å². The summed E-state index contributed by atoms with van der Waals surface area (Å²) < 4.78 is 17.0. The molecule has 0 aliphatic rings. The van der Waals surface area contributed by atoms with E-state index in [9.17, 15) is 14.4 Å². The average Bonchev–Trinajstić information content (AvgIpc) is 3.46. The van der Waals surface area contributed by atoms with Gasteiger partial charge in [0, 0.05) is 19.3 Å². The normalized spacial score (nSPS) is 12.5. The molecule has 0 N–H and O–H groups in total. The Hall–Kier alpha value is -3.15. The van der Waals surface area contributed by atoms with Crippen molar-refractivity contribution < 1.29 is 28.6 Å². The van der Waals surface area contributed by atoms with Gasteiger partial charge in [0.15, 0.2) is 6.10 Å². The molecular weight excluding hydrogens is 997 g/mol. The predicted octanol–water partition coefficient (Wildman–Crippen LogP) is 24.4. The summed E-state index contributed by atoms with van der Waals surface area (Å²) in [6.07, 6.45) is 90.7. The van der Waals surface area contributed by atoms with Crippen LogP contribution in [-0.2, 0) is 28.6 Å². The monoisotopic (exact) mass is 1130 g/mol. The number of carbonyl (C=O) groups is 3. The van der Waals surface area contributed by atoms with Crippen LogP contribution in [0.3, 0.4) is 0 Å². The Morgan fingerprint density at radius 2 is 0.444 bits per heavy atom. The zero-order chi connectivity index (χ0) is 58.5. The standard InChI is InChI=1S/C75H134O6/c1-4-7-10-13-16-19-22-25-27-29-31-33-34-35-36-37-38-39-40-42-43-45-47-50-53-56-59-62-65-68-74(77)80-71-72(70-79-73(76)67-64-61-58-55-52-49-24-21-18-15-12-9-6-3)81-75(78)69-66-63-60-57-54-51-48-46-44-41-32-30-28-26-23-20-17-14-11-8-5-2/h22-23,25-26,29-32,34-35,44,46,72H,4-21,24,27-28,33,36-43,45,47-71H2,1-3H3/b25-22-,26-23-,31-29-,32-30-,35-34-,46-44-. The molecule has 0 saturated heterocycles. The molecule has 0 spiro atoms. The maximum Gasteiger partial charge on any atom is 0.306 e. The third-order valence-electron chi connectivity index (χ3n) is 15.7. The Kier molecular flexibility index (Phi) is 66.6. The second-order valence-corrected chi connectivity index (χ2v) is 23.8. The van der Waals surface area contributed by atoms with Crippen molar-refractivity contribution in [1.29, 1.82) is 0 Å². The van der Waals surface area contributed by atoms with E-state index in [-0.39, 0.29) is 31.1 Å². The van der Waals surface area contributed by atoms with Crippen molar-refractivity contribution in [1.82, 2.24) is 0 Å². The first-order valence-electron chi connectivity index (χ1n) is 35.4. The van der Waals surface area contributed by atoms with Crippen LogP contribution >= 0.6 is 0 Å². The third-order valence-corrected chi connectivity index (χ3v) is 15.7. The van der Waals surface area contributed by atoms with E-state index >= 15 is 0 Å². The van der Waals surface area contributed by atoms with Gasteiger partial charge in [-0.1, -0.05) is 325 Å². The lowest BCUT2D eigenvalue weighted by Gasteiger charge is -2.18. The minimum atomic E-state index is -0.782. The molecule has 81 heavy (non-hydrogen) atoms. The lowest BCUT2D eigenvalue weighted by atomic mass is 10.0. The molecule has 1 unspecified atom stereocenters. The maximum atomic E-state index is 12.9. The second kappa shape index (κ2) is 69.3. The Bertz CT molecular complexity index is 1490. The van der Waals surface area contributed by atoms with E-state index < -0.39 is 6.10 Å². The number of unbranched alkanes of at least 4 members (excludes halogenated alkanes) is 42. The van der Waals surface area contributed by atoms with Crippen LogP contribution in [-0.4, -0.2) is 37.2 Å². The number of rotatable bonds is 65. The maximum absolute atomic E-state index is 12.9. The molecule has 0 aliphatic heterocycles. The predicted molar refractivity (Wildman–Crippen MR) is 353 cm³/mol. The summed E-state index contributed by atoms with van der Waals surface area (Å²) in [5, 5.41) is 0. The molecule has 0 heterocycles. The fourth-order valence-electron chi connectivity index (χ4n) is 10.3. The summed E-state index contributed by atoms with van der Waals surface area (Å²) in [4.78, 5) is 38.4. The molecule has 0 aromatic rings. The zero-order valence-electron chi connectivity index (χ0n) is 54.1. The van der Waals surface area contributed by atoms with E-state index in [1.54, 1.807) is 0 Å². The smallest absolute Gasteiger partial charge is 0.306 e. The van der Waals surface area contributed by atoms with Crippen molar-refractivity contribution in [2.24, 2.45) is 0 Å². The molecule has 6 heteroatoms. The Labute approximate surface area is 503 Å². The Morgan fingerprint density at radius 1 is 0.247 bits per heavy atom. The molecule has 0 aromatic carbocycles. The Balaban J connectivity index is 4.26. The van der Waals surface area contributed by atoms with Crippen LogP contribution in [0.2, 0.25) is 0 Å². The van der Waals surface area contributed by atoms with Gasteiger partial charge < -0.3 is 14.2 Å². The van der Waals surface area contributed by atoms with Gasteiger partial charge in [0.2, 0.25) is 0 Å². The van der Waals surface area contributed by atoms with Gasteiger partial charge in [-0.15, -0.1) is 0 Å². The minimum absolute atomic E-state index is 0.0769. The second-order valence-electron chi connectivity index (χ2n) is 23.8. The van der Waals surface area contributed by atoms with Crippen LogP contribution in [0.1, 0.15) is 367 Å². The highest BCUT2D eigenvalue weighted by Gasteiger charge is 2.19. The molecule has 0 amide bonds. The quantitative estimate of drug-likeness (QED) is 0.0261. The van der Waals surface area contributed by atoms with Gasteiger partial charge in [-0.2, -0.15) is 0 Å². The summed E-state index contributed by atoms with van der Waals surface area (Å²) in [6.45, 7) is 6.65. The van der Waals surface area contributed by atoms with E-state index in [0.29, 0.717) is 19.3 Å². The molecule has 0 radical (unpaired) electrons. The van der Waals surface area contributed by atoms with Crippen molar-refractivity contribution in [2.75, 3.05) is 13.2 Å². The summed E-state index contributed by atoms with van der Waals surface area (Å²) in [5.74, 6) is -0.870. The summed E-state index contributed by atoms with van der Waals surface area (Å²) in [7, 11) is 0. The van der Waals surface area contributed by atoms with Crippen molar-refractivity contribution in [2.45, 2.75) is 374 Å². The lowest BCUT2D eigenvalue weighted by Crippen LogP contribution is -2.30. The van der Waals surface area contributed by atoms with Crippen LogP contribution < -0.4 is 0 Å². The molecule has 0 bridgehead atoms. The number of hydrogen-bond donors (Lipinski definition) is 0. The topological polar surface area (TPSA) is 78.9 Å². The number of hydrogen-bond acceptors (Lipinski definition) is 6. The average molecular weight is 1130 g/mol. The molecule has 1 atom stereocenters. The van der Waals surface area contributed by atoms with Crippen molar-refractivity contribution in [3.63, 3.8) is 0 Å². The molecule has 0 fully saturated rings. The number of allylic oxidation sites excluding steroid dienone is 12. The van der Waals surface area contributed by atoms with Crippen LogP contribution in [0.4, 0.5) is 0 Å². The minimum Gasteiger partial charge on any atom is -0.462 e. The highest BCUT2D eigenvalue weighted by molar-refractivity contribution is 5.71. The Morgan fingerprint density at radius 3 is 0.691 bits per heavy atom. The fraction of sp³-hybridized carbons (Fsp3) is 0.800. The van der Waals surface area contributed by atoms with Crippen molar-refractivity contribution in [3.8, 4) is 0 Å². The largest absolute Gasteiger partial charge is 0.462 e. The summed E-state index contributed by atoms with van der Waals surface area (Å²) in [6, 6.07) is 0.